The Balaban J connectivity index is 1.86. The van der Waals surface area contributed by atoms with Crippen LogP contribution in [0.4, 0.5) is 4.39 Å². The molecule has 0 aliphatic carbocycles. The highest BCUT2D eigenvalue weighted by Crippen LogP contribution is 2.21. The van der Waals surface area contributed by atoms with Crippen molar-refractivity contribution in [3.8, 4) is 5.75 Å². The van der Waals surface area contributed by atoms with Gasteiger partial charge in [-0.05, 0) is 34.1 Å². The molecule has 2 rings (SSSR count). The van der Waals surface area contributed by atoms with E-state index in [9.17, 15) is 14.0 Å². The average Bonchev–Trinajstić information content (AvgIpc) is 2.40. The molecule has 0 atom stereocenters. The second kappa shape index (κ2) is 6.14. The third kappa shape index (κ3) is 3.76. The van der Waals surface area contributed by atoms with Gasteiger partial charge in [0.15, 0.2) is 6.61 Å². The van der Waals surface area contributed by atoms with E-state index in [0.717, 1.165) is 0 Å². The summed E-state index contributed by atoms with van der Waals surface area (Å²) in [4.78, 5) is 24.5. The van der Waals surface area contributed by atoms with Crippen LogP contribution in [0.2, 0.25) is 0 Å². The van der Waals surface area contributed by atoms with Crippen molar-refractivity contribution in [3.05, 3.63) is 28.5 Å². The molecule has 1 aromatic carbocycles. The Hall–Kier alpha value is -1.43. The molecule has 0 spiro atoms. The number of hydrogen-bond acceptors (Lipinski definition) is 3. The van der Waals surface area contributed by atoms with Crippen LogP contribution in [0, 0.1) is 5.82 Å². The zero-order valence-corrected chi connectivity index (χ0v) is 11.8. The van der Waals surface area contributed by atoms with Crippen LogP contribution >= 0.6 is 15.9 Å². The first-order valence-electron chi connectivity index (χ1n) is 5.93. The monoisotopic (exact) mass is 329 g/mol. The normalized spacial score (nSPS) is 15.5. The summed E-state index contributed by atoms with van der Waals surface area (Å²) in [6, 6.07) is 4.21. The Kier molecular flexibility index (Phi) is 4.52. The topological polar surface area (TPSA) is 46.6 Å². The molecule has 0 N–H and O–H groups in total. The molecule has 0 bridgehead atoms. The number of piperidine rings is 1. The number of nitrogens with zero attached hydrogens (tertiary/aromatic N) is 1. The molecule has 1 saturated heterocycles. The zero-order valence-electron chi connectivity index (χ0n) is 10.2. The Morgan fingerprint density at radius 3 is 2.68 bits per heavy atom. The minimum Gasteiger partial charge on any atom is -0.484 e. The average molecular weight is 330 g/mol. The Labute approximate surface area is 118 Å². The Morgan fingerprint density at radius 1 is 1.37 bits per heavy atom. The number of rotatable bonds is 3. The van der Waals surface area contributed by atoms with E-state index in [2.05, 4.69) is 15.9 Å². The van der Waals surface area contributed by atoms with E-state index in [1.165, 1.54) is 18.2 Å². The number of halogens is 2. The minimum absolute atomic E-state index is 0.105. The van der Waals surface area contributed by atoms with Gasteiger partial charge < -0.3 is 9.64 Å². The number of ether oxygens (including phenoxy) is 1. The summed E-state index contributed by atoms with van der Waals surface area (Å²) in [6.07, 6.45) is 0.821. The van der Waals surface area contributed by atoms with Crippen LogP contribution in [0.1, 0.15) is 12.8 Å². The number of likely N-dealkylation sites (tertiary alicyclic amines) is 1. The second-order valence-corrected chi connectivity index (χ2v) is 5.14. The fraction of sp³-hybridized carbons (Fsp3) is 0.385. The van der Waals surface area contributed by atoms with Crippen molar-refractivity contribution in [1.82, 2.24) is 4.90 Å². The molecule has 0 radical (unpaired) electrons. The van der Waals surface area contributed by atoms with Crippen molar-refractivity contribution in [2.75, 3.05) is 19.7 Å². The van der Waals surface area contributed by atoms with Gasteiger partial charge in [-0.1, -0.05) is 0 Å². The number of carbonyl (C=O) groups excluding carboxylic acids is 2. The number of ketones is 1. The third-order valence-electron chi connectivity index (χ3n) is 2.93. The number of carbonyl (C=O) groups is 2. The lowest BCUT2D eigenvalue weighted by molar-refractivity contribution is -0.136. The van der Waals surface area contributed by atoms with Gasteiger partial charge in [-0.25, -0.2) is 4.39 Å². The van der Waals surface area contributed by atoms with Crippen LogP contribution in [0.15, 0.2) is 22.7 Å². The minimum atomic E-state index is -0.381. The van der Waals surface area contributed by atoms with Gasteiger partial charge in [0.05, 0.1) is 4.47 Å². The molecule has 102 valence electrons. The quantitative estimate of drug-likeness (QED) is 0.853. The lowest BCUT2D eigenvalue weighted by Crippen LogP contribution is -2.41. The molecule has 1 fully saturated rings. The third-order valence-corrected chi connectivity index (χ3v) is 3.53. The Morgan fingerprint density at radius 2 is 2.05 bits per heavy atom. The standard InChI is InChI=1S/C13H13BrFNO3/c14-11-7-10(1-2-12(11)15)19-8-13(18)16-5-3-9(17)4-6-16/h1-2,7H,3-6,8H2. The van der Waals surface area contributed by atoms with E-state index in [-0.39, 0.29) is 24.1 Å². The van der Waals surface area contributed by atoms with E-state index >= 15 is 0 Å². The molecule has 1 aliphatic rings. The van der Waals surface area contributed by atoms with E-state index in [0.29, 0.717) is 36.2 Å². The van der Waals surface area contributed by atoms with Gasteiger partial charge in [-0.3, -0.25) is 9.59 Å². The maximum absolute atomic E-state index is 13.0. The van der Waals surface area contributed by atoms with Crippen molar-refractivity contribution in [1.29, 1.82) is 0 Å². The molecule has 0 saturated carbocycles. The first-order valence-corrected chi connectivity index (χ1v) is 6.73. The number of hydrogen-bond donors (Lipinski definition) is 0. The molecule has 0 unspecified atom stereocenters. The van der Waals surface area contributed by atoms with Crippen molar-refractivity contribution < 1.29 is 18.7 Å². The molecule has 1 amide bonds. The fourth-order valence-electron chi connectivity index (χ4n) is 1.81. The van der Waals surface area contributed by atoms with Crippen molar-refractivity contribution in [2.24, 2.45) is 0 Å². The molecule has 1 heterocycles. The van der Waals surface area contributed by atoms with Crippen molar-refractivity contribution >= 4 is 27.6 Å². The van der Waals surface area contributed by atoms with E-state index in [4.69, 9.17) is 4.74 Å². The van der Waals surface area contributed by atoms with Crippen LogP contribution in [-0.4, -0.2) is 36.3 Å². The summed E-state index contributed by atoms with van der Waals surface area (Å²) in [6.45, 7) is 0.800. The summed E-state index contributed by atoms with van der Waals surface area (Å²) < 4.78 is 18.6. The second-order valence-electron chi connectivity index (χ2n) is 4.28. The molecule has 1 aromatic rings. The van der Waals surface area contributed by atoms with Gasteiger partial charge in [-0.2, -0.15) is 0 Å². The largest absolute Gasteiger partial charge is 0.484 e. The highest BCUT2D eigenvalue weighted by Gasteiger charge is 2.20. The van der Waals surface area contributed by atoms with Crippen LogP contribution < -0.4 is 4.74 Å². The SMILES string of the molecule is O=C1CCN(C(=O)COc2ccc(F)c(Br)c2)CC1. The smallest absolute Gasteiger partial charge is 0.260 e. The lowest BCUT2D eigenvalue weighted by Gasteiger charge is -2.25. The molecular formula is C13H13BrFNO3. The number of amides is 1. The maximum Gasteiger partial charge on any atom is 0.260 e. The van der Waals surface area contributed by atoms with Gasteiger partial charge in [0.25, 0.3) is 5.91 Å². The molecule has 19 heavy (non-hydrogen) atoms. The summed E-state index contributed by atoms with van der Waals surface area (Å²) in [5.74, 6) is 0.0725. The zero-order chi connectivity index (χ0) is 13.8. The van der Waals surface area contributed by atoms with Crippen molar-refractivity contribution in [2.45, 2.75) is 12.8 Å². The van der Waals surface area contributed by atoms with E-state index in [1.807, 2.05) is 0 Å². The van der Waals surface area contributed by atoms with E-state index < -0.39 is 0 Å². The first kappa shape index (κ1) is 14.0. The first-order chi connectivity index (χ1) is 9.06. The number of Topliss-reactive ketones (excluding diaryl/α,β-unsaturated/α-hetero) is 1. The molecular weight excluding hydrogens is 317 g/mol. The Bertz CT molecular complexity index is 497. The van der Waals surface area contributed by atoms with Gasteiger partial charge in [-0.15, -0.1) is 0 Å². The summed E-state index contributed by atoms with van der Waals surface area (Å²) in [5.41, 5.74) is 0. The van der Waals surface area contributed by atoms with Crippen LogP contribution in [0.3, 0.4) is 0 Å². The predicted octanol–water partition coefficient (Wildman–Crippen LogP) is 2.16. The molecule has 0 aromatic heterocycles. The van der Waals surface area contributed by atoms with Gasteiger partial charge in [0.1, 0.15) is 17.3 Å². The van der Waals surface area contributed by atoms with Gasteiger partial charge >= 0.3 is 0 Å². The van der Waals surface area contributed by atoms with Gasteiger partial charge in [0, 0.05) is 25.9 Å². The maximum atomic E-state index is 13.0. The van der Waals surface area contributed by atoms with Crippen LogP contribution in [0.5, 0.6) is 5.75 Å². The predicted molar refractivity (Wildman–Crippen MR) is 70.4 cm³/mol. The molecule has 6 heteroatoms. The summed E-state index contributed by atoms with van der Waals surface area (Å²) >= 11 is 3.05. The summed E-state index contributed by atoms with van der Waals surface area (Å²) in [5, 5.41) is 0. The highest BCUT2D eigenvalue weighted by molar-refractivity contribution is 9.10. The molecule has 1 aliphatic heterocycles. The van der Waals surface area contributed by atoms with Gasteiger partial charge in [0.2, 0.25) is 0 Å². The summed E-state index contributed by atoms with van der Waals surface area (Å²) in [7, 11) is 0. The van der Waals surface area contributed by atoms with Crippen molar-refractivity contribution in [3.63, 3.8) is 0 Å². The van der Waals surface area contributed by atoms with Crippen LogP contribution in [-0.2, 0) is 9.59 Å². The highest BCUT2D eigenvalue weighted by atomic mass is 79.9. The van der Waals surface area contributed by atoms with E-state index in [1.54, 1.807) is 4.90 Å². The molecule has 4 nitrogen and oxygen atoms in total. The number of benzene rings is 1. The fourth-order valence-corrected chi connectivity index (χ4v) is 2.17. The van der Waals surface area contributed by atoms with Crippen LogP contribution in [0.25, 0.3) is 0 Å². The lowest BCUT2D eigenvalue weighted by atomic mass is 10.1.